The molecule has 0 atom stereocenters. The van der Waals surface area contributed by atoms with Crippen LogP contribution in [0.5, 0.6) is 0 Å². The molecule has 0 bridgehead atoms. The Morgan fingerprint density at radius 3 is 2.70 bits per heavy atom. The van der Waals surface area contributed by atoms with Crippen molar-refractivity contribution >= 4 is 23.4 Å². The Labute approximate surface area is 116 Å². The first-order valence-electron chi connectivity index (χ1n) is 6.07. The molecule has 20 heavy (non-hydrogen) atoms. The van der Waals surface area contributed by atoms with Crippen LogP contribution in [0.15, 0.2) is 6.20 Å². The predicted molar refractivity (Wildman–Crippen MR) is 74.4 cm³/mol. The van der Waals surface area contributed by atoms with E-state index >= 15 is 0 Å². The highest BCUT2D eigenvalue weighted by molar-refractivity contribution is 5.76. The fourth-order valence-corrected chi connectivity index (χ4v) is 1.64. The van der Waals surface area contributed by atoms with Gasteiger partial charge in [-0.15, -0.1) is 0 Å². The summed E-state index contributed by atoms with van der Waals surface area (Å²) in [5.74, 6) is -0.186. The standard InChI is InChI=1S/C11H18N6O3/c1-4-13-10-14-6-7(17(19)20)9(15-10)16-11(2,3)5-8(12)18/h6H,4-5H2,1-3H3,(H2,12,18)(H2,13,14,15,16). The summed E-state index contributed by atoms with van der Waals surface area (Å²) in [4.78, 5) is 29.3. The molecule has 0 fully saturated rings. The van der Waals surface area contributed by atoms with E-state index in [0.29, 0.717) is 6.54 Å². The maximum Gasteiger partial charge on any atom is 0.329 e. The largest absolute Gasteiger partial charge is 0.370 e. The number of carbonyl (C=O) groups excluding carboxylic acids is 1. The van der Waals surface area contributed by atoms with E-state index < -0.39 is 16.4 Å². The van der Waals surface area contributed by atoms with Gasteiger partial charge >= 0.3 is 5.69 Å². The molecule has 110 valence electrons. The minimum absolute atomic E-state index is 0.0185. The van der Waals surface area contributed by atoms with Crippen molar-refractivity contribution in [1.82, 2.24) is 9.97 Å². The normalized spacial score (nSPS) is 10.9. The quantitative estimate of drug-likeness (QED) is 0.498. The van der Waals surface area contributed by atoms with Crippen LogP contribution in [0.3, 0.4) is 0 Å². The maximum atomic E-state index is 11.0. The molecule has 1 rings (SSSR count). The molecule has 0 aliphatic carbocycles. The van der Waals surface area contributed by atoms with E-state index in [9.17, 15) is 14.9 Å². The minimum Gasteiger partial charge on any atom is -0.370 e. The van der Waals surface area contributed by atoms with Gasteiger partial charge in [0.1, 0.15) is 6.20 Å². The lowest BCUT2D eigenvalue weighted by Crippen LogP contribution is -2.36. The zero-order valence-corrected chi connectivity index (χ0v) is 11.6. The van der Waals surface area contributed by atoms with Crippen molar-refractivity contribution in [3.8, 4) is 0 Å². The zero-order chi connectivity index (χ0) is 15.3. The van der Waals surface area contributed by atoms with Crippen LogP contribution in [0.2, 0.25) is 0 Å². The van der Waals surface area contributed by atoms with Gasteiger partial charge in [-0.1, -0.05) is 0 Å². The molecular formula is C11H18N6O3. The maximum absolute atomic E-state index is 11.0. The zero-order valence-electron chi connectivity index (χ0n) is 11.6. The molecule has 0 unspecified atom stereocenters. The average molecular weight is 282 g/mol. The van der Waals surface area contributed by atoms with E-state index in [2.05, 4.69) is 20.6 Å². The highest BCUT2D eigenvalue weighted by Crippen LogP contribution is 2.26. The van der Waals surface area contributed by atoms with E-state index in [-0.39, 0.29) is 23.9 Å². The number of nitrogens with one attached hydrogen (secondary N) is 2. The van der Waals surface area contributed by atoms with Gasteiger partial charge in [0.25, 0.3) is 0 Å². The van der Waals surface area contributed by atoms with E-state index in [4.69, 9.17) is 5.73 Å². The molecule has 0 aliphatic rings. The number of aromatic nitrogens is 2. The average Bonchev–Trinajstić information content (AvgIpc) is 2.26. The summed E-state index contributed by atoms with van der Waals surface area (Å²) in [7, 11) is 0. The van der Waals surface area contributed by atoms with Crippen molar-refractivity contribution in [1.29, 1.82) is 0 Å². The lowest BCUT2D eigenvalue weighted by molar-refractivity contribution is -0.384. The molecular weight excluding hydrogens is 264 g/mol. The van der Waals surface area contributed by atoms with Gasteiger partial charge in [0.05, 0.1) is 4.92 Å². The Hall–Kier alpha value is -2.45. The highest BCUT2D eigenvalue weighted by Gasteiger charge is 2.26. The van der Waals surface area contributed by atoms with Crippen molar-refractivity contribution in [2.24, 2.45) is 5.73 Å². The van der Waals surface area contributed by atoms with Gasteiger partial charge in [0.2, 0.25) is 17.7 Å². The second kappa shape index (κ2) is 6.13. The summed E-state index contributed by atoms with van der Waals surface area (Å²) in [5.41, 5.74) is 4.13. The number of hydrogen-bond donors (Lipinski definition) is 3. The first-order valence-corrected chi connectivity index (χ1v) is 6.07. The molecule has 0 radical (unpaired) electrons. The lowest BCUT2D eigenvalue weighted by atomic mass is 10.0. The van der Waals surface area contributed by atoms with E-state index in [1.807, 2.05) is 6.92 Å². The van der Waals surface area contributed by atoms with Crippen LogP contribution in [-0.2, 0) is 4.79 Å². The Balaban J connectivity index is 3.09. The number of anilines is 2. The molecule has 1 heterocycles. The minimum atomic E-state index is -0.756. The third kappa shape index (κ3) is 4.34. The number of nitro groups is 1. The molecule has 9 nitrogen and oxygen atoms in total. The smallest absolute Gasteiger partial charge is 0.329 e. The molecule has 4 N–H and O–H groups in total. The number of carbonyl (C=O) groups is 1. The molecule has 0 saturated carbocycles. The van der Waals surface area contributed by atoms with Crippen molar-refractivity contribution in [3.63, 3.8) is 0 Å². The second-order valence-corrected chi connectivity index (χ2v) is 4.87. The van der Waals surface area contributed by atoms with Gasteiger partial charge in [-0.25, -0.2) is 4.98 Å². The fourth-order valence-electron chi connectivity index (χ4n) is 1.64. The van der Waals surface area contributed by atoms with Gasteiger partial charge in [-0.2, -0.15) is 4.98 Å². The molecule has 1 aromatic rings. The van der Waals surface area contributed by atoms with Gasteiger partial charge < -0.3 is 16.4 Å². The molecule has 1 amide bonds. The number of nitrogens with two attached hydrogens (primary N) is 1. The summed E-state index contributed by atoms with van der Waals surface area (Å²) in [5, 5.41) is 16.7. The van der Waals surface area contributed by atoms with Gasteiger partial charge in [0, 0.05) is 18.5 Å². The molecule has 1 aromatic heterocycles. The summed E-state index contributed by atoms with van der Waals surface area (Å²) in [6.07, 6.45) is 1.14. The van der Waals surface area contributed by atoms with Gasteiger partial charge in [0.15, 0.2) is 0 Å². The SMILES string of the molecule is CCNc1ncc([N+](=O)[O-])c(NC(C)(C)CC(N)=O)n1. The summed E-state index contributed by atoms with van der Waals surface area (Å²) >= 11 is 0. The van der Waals surface area contributed by atoms with Crippen LogP contribution < -0.4 is 16.4 Å². The number of hydrogen-bond acceptors (Lipinski definition) is 7. The van der Waals surface area contributed by atoms with Gasteiger partial charge in [-0.05, 0) is 20.8 Å². The Morgan fingerprint density at radius 2 is 2.20 bits per heavy atom. The summed E-state index contributed by atoms with van der Waals surface area (Å²) < 4.78 is 0. The molecule has 0 aliphatic heterocycles. The van der Waals surface area contributed by atoms with Crippen LogP contribution >= 0.6 is 0 Å². The molecule has 9 heteroatoms. The molecule has 0 saturated heterocycles. The van der Waals surface area contributed by atoms with E-state index in [0.717, 1.165) is 6.20 Å². The Kier molecular flexibility index (Phi) is 4.78. The third-order valence-corrected chi connectivity index (χ3v) is 2.37. The summed E-state index contributed by atoms with van der Waals surface area (Å²) in [6.45, 7) is 5.85. The first kappa shape index (κ1) is 15.6. The third-order valence-electron chi connectivity index (χ3n) is 2.37. The van der Waals surface area contributed by atoms with Crippen LogP contribution in [-0.4, -0.2) is 32.9 Å². The Bertz CT molecular complexity index is 517. The van der Waals surface area contributed by atoms with Crippen molar-refractivity contribution < 1.29 is 9.72 Å². The van der Waals surface area contributed by atoms with Crippen LogP contribution in [0.25, 0.3) is 0 Å². The molecule has 0 aromatic carbocycles. The van der Waals surface area contributed by atoms with Crippen LogP contribution in [0.4, 0.5) is 17.5 Å². The first-order chi connectivity index (χ1) is 9.25. The van der Waals surface area contributed by atoms with E-state index in [1.165, 1.54) is 0 Å². The monoisotopic (exact) mass is 282 g/mol. The Morgan fingerprint density at radius 1 is 1.55 bits per heavy atom. The van der Waals surface area contributed by atoms with Crippen molar-refractivity contribution in [2.45, 2.75) is 32.7 Å². The van der Waals surface area contributed by atoms with E-state index in [1.54, 1.807) is 13.8 Å². The summed E-state index contributed by atoms with van der Waals surface area (Å²) in [6, 6.07) is 0. The van der Waals surface area contributed by atoms with Crippen molar-refractivity contribution in [2.75, 3.05) is 17.2 Å². The number of nitrogens with zero attached hydrogens (tertiary/aromatic N) is 3. The number of rotatable bonds is 7. The number of amides is 1. The van der Waals surface area contributed by atoms with Crippen molar-refractivity contribution in [3.05, 3.63) is 16.3 Å². The molecule has 0 spiro atoms. The van der Waals surface area contributed by atoms with Crippen LogP contribution in [0, 0.1) is 10.1 Å². The number of primary amides is 1. The predicted octanol–water partition coefficient (Wildman–Crippen LogP) is 0.882. The van der Waals surface area contributed by atoms with Gasteiger partial charge in [-0.3, -0.25) is 14.9 Å². The highest BCUT2D eigenvalue weighted by atomic mass is 16.6. The fraction of sp³-hybridized carbons (Fsp3) is 0.545. The topological polar surface area (TPSA) is 136 Å². The lowest BCUT2D eigenvalue weighted by Gasteiger charge is -2.25. The second-order valence-electron chi connectivity index (χ2n) is 4.87. The van der Waals surface area contributed by atoms with Crippen LogP contribution in [0.1, 0.15) is 27.2 Å².